The molecule has 0 spiro atoms. The molecule has 1 aliphatic heterocycles. The molecule has 9 heteroatoms. The smallest absolute Gasteiger partial charge is 0.344 e. The molecule has 0 saturated carbocycles. The largest absolute Gasteiger partial charge is 0.437 e. The molecule has 0 unspecified atom stereocenters. The highest BCUT2D eigenvalue weighted by Crippen LogP contribution is 2.46. The first-order chi connectivity index (χ1) is 14.4. The lowest BCUT2D eigenvalue weighted by Crippen LogP contribution is -2.28. The number of benzene rings is 2. The van der Waals surface area contributed by atoms with Crippen molar-refractivity contribution in [1.82, 2.24) is 9.97 Å². The van der Waals surface area contributed by atoms with Gasteiger partial charge in [0.15, 0.2) is 5.75 Å². The average molecular weight is 403 g/mol. The lowest BCUT2D eigenvalue weighted by atomic mass is 9.84. The normalized spacial score (nSPS) is 14.6. The van der Waals surface area contributed by atoms with Crippen molar-refractivity contribution in [2.75, 3.05) is 0 Å². The van der Waals surface area contributed by atoms with Crippen LogP contribution in [0.2, 0.25) is 0 Å². The summed E-state index contributed by atoms with van der Waals surface area (Å²) in [5.41, 5.74) is -0.0842. The van der Waals surface area contributed by atoms with Gasteiger partial charge in [-0.25, -0.2) is 4.79 Å². The van der Waals surface area contributed by atoms with Gasteiger partial charge in [0, 0.05) is 12.1 Å². The van der Waals surface area contributed by atoms with Gasteiger partial charge in [-0.05, 0) is 24.6 Å². The zero-order valence-corrected chi connectivity index (χ0v) is 15.5. The van der Waals surface area contributed by atoms with Crippen molar-refractivity contribution in [3.05, 3.63) is 102 Å². The van der Waals surface area contributed by atoms with Crippen LogP contribution in [-0.4, -0.2) is 14.9 Å². The van der Waals surface area contributed by atoms with Crippen molar-refractivity contribution >= 4 is 16.7 Å². The molecule has 2 aromatic heterocycles. The van der Waals surface area contributed by atoms with Gasteiger partial charge in [0.1, 0.15) is 11.4 Å². The SMILES string of the molecule is Cc1nc2c(c(=O)[nH]1)[C@H](c1ccc([N+](=O)[O-])cc1)c1c(c3ccccc3oc1=O)O2. The number of rotatable bonds is 2. The molecular weight excluding hydrogens is 390 g/mol. The highest BCUT2D eigenvalue weighted by Gasteiger charge is 2.37. The molecule has 148 valence electrons. The van der Waals surface area contributed by atoms with E-state index in [-0.39, 0.29) is 28.4 Å². The number of hydrogen-bond donors (Lipinski definition) is 1. The lowest BCUT2D eigenvalue weighted by molar-refractivity contribution is -0.384. The van der Waals surface area contributed by atoms with E-state index in [1.807, 2.05) is 0 Å². The van der Waals surface area contributed by atoms with Gasteiger partial charge in [0.2, 0.25) is 5.88 Å². The summed E-state index contributed by atoms with van der Waals surface area (Å²) in [5.74, 6) is -0.155. The summed E-state index contributed by atoms with van der Waals surface area (Å²) in [7, 11) is 0. The van der Waals surface area contributed by atoms with Crippen molar-refractivity contribution in [2.45, 2.75) is 12.8 Å². The molecule has 9 nitrogen and oxygen atoms in total. The fraction of sp³-hybridized carbons (Fsp3) is 0.0952. The van der Waals surface area contributed by atoms with Crippen molar-refractivity contribution in [2.24, 2.45) is 0 Å². The zero-order chi connectivity index (χ0) is 21.0. The van der Waals surface area contributed by atoms with E-state index >= 15 is 0 Å². The number of aromatic amines is 1. The Balaban J connectivity index is 1.86. The van der Waals surface area contributed by atoms with E-state index in [1.165, 1.54) is 24.3 Å². The first-order valence-corrected chi connectivity index (χ1v) is 9.03. The number of aryl methyl sites for hydroxylation is 1. The Hall–Kier alpha value is -4.27. The molecule has 0 radical (unpaired) electrons. The maximum atomic E-state index is 12.9. The number of hydrogen-bond acceptors (Lipinski definition) is 7. The molecule has 1 aliphatic rings. The molecule has 0 aliphatic carbocycles. The molecule has 1 N–H and O–H groups in total. The number of nitro groups is 1. The predicted molar refractivity (Wildman–Crippen MR) is 106 cm³/mol. The minimum Gasteiger partial charge on any atom is -0.437 e. The number of aromatic nitrogens is 2. The Morgan fingerprint density at radius 2 is 1.80 bits per heavy atom. The van der Waals surface area contributed by atoms with Crippen LogP contribution in [0.3, 0.4) is 0 Å². The highest BCUT2D eigenvalue weighted by molar-refractivity contribution is 5.86. The number of para-hydroxylation sites is 1. The number of nitrogens with zero attached hydrogens (tertiary/aromatic N) is 2. The third kappa shape index (κ3) is 2.60. The monoisotopic (exact) mass is 403 g/mol. The van der Waals surface area contributed by atoms with Crippen molar-refractivity contribution in [3.63, 3.8) is 0 Å². The third-order valence-electron chi connectivity index (χ3n) is 5.05. The van der Waals surface area contributed by atoms with E-state index in [9.17, 15) is 19.7 Å². The van der Waals surface area contributed by atoms with Crippen LogP contribution < -0.4 is 15.9 Å². The number of ether oxygens (including phenoxy) is 1. The summed E-state index contributed by atoms with van der Waals surface area (Å²) in [6, 6.07) is 12.6. The summed E-state index contributed by atoms with van der Waals surface area (Å²) < 4.78 is 11.4. The Morgan fingerprint density at radius 3 is 2.53 bits per heavy atom. The van der Waals surface area contributed by atoms with E-state index in [2.05, 4.69) is 9.97 Å². The Morgan fingerprint density at radius 1 is 1.07 bits per heavy atom. The second-order valence-electron chi connectivity index (χ2n) is 6.88. The molecule has 0 saturated heterocycles. The number of nitro benzene ring substituents is 1. The van der Waals surface area contributed by atoms with E-state index in [1.54, 1.807) is 31.2 Å². The quantitative estimate of drug-likeness (QED) is 0.272. The number of fused-ring (bicyclic) bond motifs is 4. The molecule has 30 heavy (non-hydrogen) atoms. The molecule has 0 fully saturated rings. The molecular formula is C21H13N3O6. The summed E-state index contributed by atoms with van der Waals surface area (Å²) in [6.07, 6.45) is 0. The third-order valence-corrected chi connectivity index (χ3v) is 5.05. The van der Waals surface area contributed by atoms with Gasteiger partial charge >= 0.3 is 5.63 Å². The molecule has 1 atom stereocenters. The van der Waals surface area contributed by atoms with Crippen LogP contribution in [0.15, 0.2) is 62.5 Å². The fourth-order valence-corrected chi connectivity index (χ4v) is 3.76. The van der Waals surface area contributed by atoms with Crippen LogP contribution in [0.1, 0.15) is 28.4 Å². The zero-order valence-electron chi connectivity index (χ0n) is 15.5. The summed E-state index contributed by atoms with van der Waals surface area (Å²) in [4.78, 5) is 43.2. The van der Waals surface area contributed by atoms with E-state index in [0.29, 0.717) is 22.4 Å². The molecule has 0 bridgehead atoms. The van der Waals surface area contributed by atoms with E-state index in [0.717, 1.165) is 0 Å². The maximum absolute atomic E-state index is 12.9. The Kier molecular flexibility index (Phi) is 3.78. The van der Waals surface area contributed by atoms with Crippen molar-refractivity contribution in [1.29, 1.82) is 0 Å². The molecule has 5 rings (SSSR count). The second kappa shape index (κ2) is 6.38. The summed E-state index contributed by atoms with van der Waals surface area (Å²) in [5, 5.41) is 11.6. The predicted octanol–water partition coefficient (Wildman–Crippen LogP) is 3.38. The molecule has 0 amide bonds. The number of nitrogens with one attached hydrogen (secondary N) is 1. The number of H-pyrrole nitrogens is 1. The van der Waals surface area contributed by atoms with Gasteiger partial charge in [-0.3, -0.25) is 14.9 Å². The standard InChI is InChI=1S/C21H13N3O6/c1-10-22-19(25)17-15(11-6-8-12(9-7-11)24(27)28)16-18(30-20(17)23-10)13-4-2-3-5-14(13)29-21(16)26/h2-9,15H,1H3,(H,22,23,25)/t15-/m1/s1. The van der Waals surface area contributed by atoms with Gasteiger partial charge in [0.05, 0.1) is 27.4 Å². The van der Waals surface area contributed by atoms with Crippen molar-refractivity contribution < 1.29 is 14.1 Å². The number of non-ortho nitro benzene ring substituents is 1. The maximum Gasteiger partial charge on any atom is 0.344 e. The van der Waals surface area contributed by atoms with E-state index in [4.69, 9.17) is 9.15 Å². The highest BCUT2D eigenvalue weighted by atomic mass is 16.6. The second-order valence-corrected chi connectivity index (χ2v) is 6.88. The minimum atomic E-state index is -0.859. The van der Waals surface area contributed by atoms with Crippen LogP contribution >= 0.6 is 0 Å². The first kappa shape index (κ1) is 17.8. The average Bonchev–Trinajstić information content (AvgIpc) is 2.72. The van der Waals surface area contributed by atoms with Crippen LogP contribution in [-0.2, 0) is 0 Å². The Labute approximate surface area is 167 Å². The van der Waals surface area contributed by atoms with Gasteiger partial charge in [0.25, 0.3) is 11.2 Å². The van der Waals surface area contributed by atoms with Crippen LogP contribution in [0.25, 0.3) is 11.0 Å². The molecule has 2 aromatic carbocycles. The summed E-state index contributed by atoms with van der Waals surface area (Å²) >= 11 is 0. The van der Waals surface area contributed by atoms with Crippen molar-refractivity contribution in [3.8, 4) is 11.6 Å². The van der Waals surface area contributed by atoms with Crippen LogP contribution in [0, 0.1) is 17.0 Å². The Bertz CT molecular complexity index is 1450. The molecule has 3 heterocycles. The lowest BCUT2D eigenvalue weighted by Gasteiger charge is -2.26. The van der Waals surface area contributed by atoms with Gasteiger partial charge in [-0.1, -0.05) is 24.3 Å². The van der Waals surface area contributed by atoms with E-state index < -0.39 is 22.0 Å². The minimum absolute atomic E-state index is 0.0860. The fourth-order valence-electron chi connectivity index (χ4n) is 3.76. The van der Waals surface area contributed by atoms with Gasteiger partial charge in [-0.15, -0.1) is 0 Å². The first-order valence-electron chi connectivity index (χ1n) is 9.03. The van der Waals surface area contributed by atoms with Gasteiger partial charge < -0.3 is 14.1 Å². The van der Waals surface area contributed by atoms with Crippen LogP contribution in [0.4, 0.5) is 5.69 Å². The summed E-state index contributed by atoms with van der Waals surface area (Å²) in [6.45, 7) is 1.62. The molecule has 4 aromatic rings. The van der Waals surface area contributed by atoms with Gasteiger partial charge in [-0.2, -0.15) is 4.98 Å². The van der Waals surface area contributed by atoms with Crippen LogP contribution in [0.5, 0.6) is 11.6 Å². The topological polar surface area (TPSA) is 128 Å².